The fourth-order valence-electron chi connectivity index (χ4n) is 12.1. The van der Waals surface area contributed by atoms with E-state index in [1.54, 1.807) is 0 Å². The van der Waals surface area contributed by atoms with Gasteiger partial charge in [-0.3, -0.25) is 0 Å². The van der Waals surface area contributed by atoms with Gasteiger partial charge in [-0.25, -0.2) is 15.0 Å². The minimum absolute atomic E-state index is 0.0459. The van der Waals surface area contributed by atoms with Crippen molar-refractivity contribution in [1.82, 2.24) is 28.7 Å². The first-order valence-electron chi connectivity index (χ1n) is 26.0. The van der Waals surface area contributed by atoms with Crippen LogP contribution in [0.2, 0.25) is 0 Å². The van der Waals surface area contributed by atoms with E-state index < -0.39 is 0 Å². The van der Waals surface area contributed by atoms with Crippen molar-refractivity contribution >= 4 is 87.4 Å². The van der Waals surface area contributed by atoms with Gasteiger partial charge in [0.05, 0.1) is 44.4 Å². The zero-order valence-corrected chi connectivity index (χ0v) is 41.0. The Hall–Kier alpha value is -10.1. The van der Waals surface area contributed by atoms with Crippen LogP contribution in [-0.4, -0.2) is 28.7 Å². The van der Waals surface area contributed by atoms with Gasteiger partial charge in [-0.05, 0) is 102 Å². The molecule has 356 valence electrons. The van der Waals surface area contributed by atoms with E-state index in [1.807, 2.05) is 18.2 Å². The summed E-state index contributed by atoms with van der Waals surface area (Å²) in [6, 6.07) is 80.6. The summed E-state index contributed by atoms with van der Waals surface area (Å²) in [4.78, 5) is 15.3. The molecule has 5 heterocycles. The summed E-state index contributed by atoms with van der Waals surface area (Å²) < 4.78 is 14.3. The van der Waals surface area contributed by atoms with Crippen LogP contribution in [0.25, 0.3) is 138 Å². The molecule has 0 saturated heterocycles. The number of rotatable bonds is 7. The molecule has 1 unspecified atom stereocenters. The molecule has 15 aromatic rings. The minimum Gasteiger partial charge on any atom is -0.453 e. The first kappa shape index (κ1) is 42.4. The number of fused-ring (bicyclic) bond motifs is 12. The zero-order valence-electron chi connectivity index (χ0n) is 41.0. The molecule has 0 amide bonds. The Kier molecular flexibility index (Phi) is 9.32. The lowest BCUT2D eigenvalue weighted by atomic mass is 10.00. The summed E-state index contributed by atoms with van der Waals surface area (Å²) in [5.41, 5.74) is 15.8. The first-order chi connectivity index (χ1) is 37.7. The molecule has 0 radical (unpaired) electrons. The molecule has 16 rings (SSSR count). The maximum atomic E-state index is 7.13. The summed E-state index contributed by atoms with van der Waals surface area (Å²) in [7, 11) is 0. The van der Waals surface area contributed by atoms with Crippen LogP contribution in [0.1, 0.15) is 18.2 Å². The summed E-state index contributed by atoms with van der Waals surface area (Å²) in [6.45, 7) is 0. The van der Waals surface area contributed by atoms with E-state index in [1.165, 1.54) is 54.4 Å². The van der Waals surface area contributed by atoms with Crippen LogP contribution in [0.4, 0.5) is 0 Å². The average Bonchev–Trinajstić information content (AvgIpc) is 4.27. The van der Waals surface area contributed by atoms with E-state index in [0.29, 0.717) is 11.6 Å². The lowest BCUT2D eigenvalue weighted by Crippen LogP contribution is -2.07. The third-order valence-corrected chi connectivity index (χ3v) is 15.6. The third-order valence-electron chi connectivity index (χ3n) is 15.6. The summed E-state index contributed by atoms with van der Waals surface area (Å²) in [5, 5.41) is 9.28. The van der Waals surface area contributed by atoms with Crippen molar-refractivity contribution in [2.75, 3.05) is 0 Å². The molecule has 0 saturated carbocycles. The van der Waals surface area contributed by atoms with Crippen LogP contribution in [0.3, 0.4) is 0 Å². The highest BCUT2D eigenvalue weighted by molar-refractivity contribution is 6.16. The normalized spacial score (nSPS) is 13.8. The van der Waals surface area contributed by atoms with Crippen molar-refractivity contribution in [3.05, 3.63) is 255 Å². The van der Waals surface area contributed by atoms with E-state index >= 15 is 0 Å². The SMILES string of the molecule is C1=CCC(c2nc(-c3ccccc3)nc(-c3cccc4c3oc3c(-n5c6ccccc6c6cc(-c7ccc8c(c7)c7ccccc7n8-c7ccc8c(c7)c7ccccc7n8-c7ccccc7)ccc65)cccc34)n2)C=C1. The summed E-state index contributed by atoms with van der Waals surface area (Å²) in [6.07, 6.45) is 9.32. The quantitative estimate of drug-likeness (QED) is 0.160. The highest BCUT2D eigenvalue weighted by Gasteiger charge is 2.24. The lowest BCUT2D eigenvalue weighted by molar-refractivity contribution is 0.666. The smallest absolute Gasteiger partial charge is 0.167 e. The second kappa shape index (κ2) is 16.7. The third kappa shape index (κ3) is 6.45. The van der Waals surface area contributed by atoms with Gasteiger partial charge in [-0.1, -0.05) is 164 Å². The molecule has 1 aliphatic carbocycles. The van der Waals surface area contributed by atoms with Gasteiger partial charge in [0.2, 0.25) is 0 Å². The number of hydrogen-bond acceptors (Lipinski definition) is 4. The Balaban J connectivity index is 0.825. The number of nitrogens with zero attached hydrogens (tertiary/aromatic N) is 6. The number of furan rings is 1. The second-order valence-electron chi connectivity index (χ2n) is 19.9. The van der Waals surface area contributed by atoms with E-state index in [4.69, 9.17) is 19.4 Å². The maximum absolute atomic E-state index is 7.13. The number of benzene rings is 10. The van der Waals surface area contributed by atoms with E-state index in [0.717, 1.165) is 84.5 Å². The minimum atomic E-state index is 0.0459. The van der Waals surface area contributed by atoms with Crippen molar-refractivity contribution in [3.8, 4) is 51.0 Å². The van der Waals surface area contributed by atoms with Crippen LogP contribution >= 0.6 is 0 Å². The summed E-state index contributed by atoms with van der Waals surface area (Å²) >= 11 is 0. The van der Waals surface area contributed by atoms with Crippen LogP contribution in [0.5, 0.6) is 0 Å². The van der Waals surface area contributed by atoms with Gasteiger partial charge in [0.15, 0.2) is 17.2 Å². The molecule has 1 aliphatic rings. The molecule has 7 heteroatoms. The van der Waals surface area contributed by atoms with Gasteiger partial charge in [-0.15, -0.1) is 0 Å². The number of aromatic nitrogens is 6. The van der Waals surface area contributed by atoms with E-state index in [-0.39, 0.29) is 5.92 Å². The standard InChI is InChI=1S/C69H44N6O/c1-4-18-43(19-5-1)67-70-68(44-20-6-2-7-21-44)72-69(71-67)54-29-16-27-52-53-28-17-33-64(66(53)76-65(52)54)75-60-32-15-12-25-50(60)56-41-46(35-38-63(56)75)45-34-37-61-55(40-45)49-24-10-14-31-59(49)74(61)48-36-39-62-57(42-48)51-26-11-13-30-58(51)73(62)47-22-8-3-9-23-47/h1-20,22-42,44H,21H2. The number of para-hydroxylation sites is 6. The van der Waals surface area contributed by atoms with E-state index in [2.05, 4.69) is 244 Å². The lowest BCUT2D eigenvalue weighted by Gasteiger charge is -2.14. The van der Waals surface area contributed by atoms with E-state index in [9.17, 15) is 0 Å². The molecule has 0 fully saturated rings. The molecule has 0 aliphatic heterocycles. The number of hydrogen-bond donors (Lipinski definition) is 0. The van der Waals surface area contributed by atoms with Gasteiger partial charge in [0, 0.05) is 65.9 Å². The first-order valence-corrected chi connectivity index (χ1v) is 26.0. The monoisotopic (exact) mass is 972 g/mol. The Morgan fingerprint density at radius 3 is 1.55 bits per heavy atom. The van der Waals surface area contributed by atoms with Crippen LogP contribution in [0, 0.1) is 0 Å². The topological polar surface area (TPSA) is 66.6 Å². The predicted molar refractivity (Wildman–Crippen MR) is 312 cm³/mol. The second-order valence-corrected chi connectivity index (χ2v) is 19.9. The summed E-state index contributed by atoms with van der Waals surface area (Å²) in [5.74, 6) is 2.03. The fraction of sp³-hybridized carbons (Fsp3) is 0.0290. The molecule has 10 aromatic carbocycles. The predicted octanol–water partition coefficient (Wildman–Crippen LogP) is 17.7. The van der Waals surface area contributed by atoms with Crippen molar-refractivity contribution in [3.63, 3.8) is 0 Å². The number of allylic oxidation sites excluding steroid dienone is 4. The molecule has 0 spiro atoms. The van der Waals surface area contributed by atoms with Crippen molar-refractivity contribution in [2.24, 2.45) is 0 Å². The van der Waals surface area contributed by atoms with Crippen LogP contribution in [-0.2, 0) is 0 Å². The van der Waals surface area contributed by atoms with Gasteiger partial charge in [0.25, 0.3) is 0 Å². The molecule has 1 atom stereocenters. The Morgan fingerprint density at radius 2 is 0.882 bits per heavy atom. The Bertz CT molecular complexity index is 4920. The molecule has 5 aromatic heterocycles. The van der Waals surface area contributed by atoms with Crippen molar-refractivity contribution in [2.45, 2.75) is 12.3 Å². The van der Waals surface area contributed by atoms with Gasteiger partial charge < -0.3 is 18.1 Å². The Morgan fingerprint density at radius 1 is 0.355 bits per heavy atom. The van der Waals surface area contributed by atoms with Gasteiger partial charge in [0.1, 0.15) is 11.4 Å². The highest BCUT2D eigenvalue weighted by atomic mass is 16.3. The van der Waals surface area contributed by atoms with Crippen molar-refractivity contribution in [1.29, 1.82) is 0 Å². The molecular formula is C69H44N6O. The van der Waals surface area contributed by atoms with Gasteiger partial charge in [-0.2, -0.15) is 0 Å². The molecular weight excluding hydrogens is 929 g/mol. The largest absolute Gasteiger partial charge is 0.453 e. The van der Waals surface area contributed by atoms with Crippen molar-refractivity contribution < 1.29 is 4.42 Å². The molecule has 76 heavy (non-hydrogen) atoms. The van der Waals surface area contributed by atoms with Gasteiger partial charge >= 0.3 is 0 Å². The fourth-order valence-corrected chi connectivity index (χ4v) is 12.1. The highest BCUT2D eigenvalue weighted by Crippen LogP contribution is 2.43. The molecule has 7 nitrogen and oxygen atoms in total. The average molecular weight is 973 g/mol. The molecule has 0 bridgehead atoms. The zero-order chi connectivity index (χ0) is 49.8. The van der Waals surface area contributed by atoms with Crippen LogP contribution < -0.4 is 0 Å². The molecule has 0 N–H and O–H groups in total. The maximum Gasteiger partial charge on any atom is 0.167 e. The van der Waals surface area contributed by atoms with Crippen LogP contribution in [0.15, 0.2) is 253 Å². The Labute approximate surface area is 436 Å².